The fourth-order valence-electron chi connectivity index (χ4n) is 6.10. The van der Waals surface area contributed by atoms with Gasteiger partial charge in [0.2, 0.25) is 0 Å². The summed E-state index contributed by atoms with van der Waals surface area (Å²) in [4.78, 5) is 12.9. The normalized spacial score (nSPS) is 15.6. The Labute approximate surface area is 239 Å². The molecule has 0 amide bonds. The van der Waals surface area contributed by atoms with Gasteiger partial charge < -0.3 is 9.47 Å². The van der Waals surface area contributed by atoms with Crippen LogP contribution in [0.3, 0.4) is 0 Å². The fourth-order valence-corrected chi connectivity index (χ4v) is 6.10. The van der Waals surface area contributed by atoms with Gasteiger partial charge >= 0.3 is 5.97 Å². The van der Waals surface area contributed by atoms with Crippen molar-refractivity contribution in [3.05, 3.63) is 59.7 Å². The Kier molecular flexibility index (Phi) is 11.5. The summed E-state index contributed by atoms with van der Waals surface area (Å²) in [5, 5.41) is 0. The standard InChI is InChI=1S/C36H54O3/c1-7-9-11-14-25-34(3,4)33(37)38-31-21-17-29(18-22-31)36(27-15-12-16-28-36)30-19-23-32(24-20-30)39-35(5,6)26-13-10-8-2/h17-24H,7-16,25-28H2,1-6H3. The SMILES string of the molecule is CCCCCCC(C)(C)C(=O)Oc1ccc(C2(c3ccc(OC(C)(C)CCCCC)cc3)CCCCC2)cc1. The van der Waals surface area contributed by atoms with Gasteiger partial charge in [-0.25, -0.2) is 0 Å². The Balaban J connectivity index is 1.72. The van der Waals surface area contributed by atoms with Crippen molar-refractivity contribution in [1.29, 1.82) is 0 Å². The average Bonchev–Trinajstić information content (AvgIpc) is 2.92. The minimum Gasteiger partial charge on any atom is -0.488 e. The highest BCUT2D eigenvalue weighted by Gasteiger charge is 2.36. The van der Waals surface area contributed by atoms with Gasteiger partial charge in [0.1, 0.15) is 17.1 Å². The Morgan fingerprint density at radius 2 is 1.21 bits per heavy atom. The third-order valence-corrected chi connectivity index (χ3v) is 8.72. The number of hydrogen-bond acceptors (Lipinski definition) is 3. The molecule has 1 fully saturated rings. The van der Waals surface area contributed by atoms with E-state index in [2.05, 4.69) is 64.1 Å². The fraction of sp³-hybridized carbons (Fsp3) is 0.639. The molecule has 2 aromatic carbocycles. The van der Waals surface area contributed by atoms with E-state index in [1.807, 2.05) is 26.0 Å². The zero-order valence-electron chi connectivity index (χ0n) is 25.7. The highest BCUT2D eigenvalue weighted by Crippen LogP contribution is 2.45. The molecule has 3 nitrogen and oxygen atoms in total. The maximum absolute atomic E-state index is 12.9. The molecule has 0 aromatic heterocycles. The predicted molar refractivity (Wildman–Crippen MR) is 164 cm³/mol. The molecular weight excluding hydrogens is 480 g/mol. The highest BCUT2D eigenvalue weighted by atomic mass is 16.5. The first-order valence-corrected chi connectivity index (χ1v) is 15.7. The lowest BCUT2D eigenvalue weighted by molar-refractivity contribution is -0.144. The van der Waals surface area contributed by atoms with Crippen molar-refractivity contribution in [2.45, 2.75) is 142 Å². The number of carbonyl (C=O) groups excluding carboxylic acids is 1. The number of carbonyl (C=O) groups is 1. The van der Waals surface area contributed by atoms with E-state index in [1.54, 1.807) is 0 Å². The van der Waals surface area contributed by atoms with E-state index in [-0.39, 0.29) is 17.0 Å². The van der Waals surface area contributed by atoms with Gasteiger partial charge in [-0.1, -0.05) is 95.9 Å². The van der Waals surface area contributed by atoms with Gasteiger partial charge in [-0.3, -0.25) is 4.79 Å². The van der Waals surface area contributed by atoms with Crippen molar-refractivity contribution < 1.29 is 14.3 Å². The summed E-state index contributed by atoms with van der Waals surface area (Å²) in [6.45, 7) is 12.9. The summed E-state index contributed by atoms with van der Waals surface area (Å²) < 4.78 is 12.3. The first-order valence-electron chi connectivity index (χ1n) is 15.7. The maximum atomic E-state index is 12.9. The lowest BCUT2D eigenvalue weighted by Gasteiger charge is -2.39. The molecule has 1 aliphatic carbocycles. The van der Waals surface area contributed by atoms with Crippen LogP contribution < -0.4 is 9.47 Å². The summed E-state index contributed by atoms with van der Waals surface area (Å²) in [5.74, 6) is 1.46. The lowest BCUT2D eigenvalue weighted by Crippen LogP contribution is -2.31. The first-order chi connectivity index (χ1) is 18.6. The molecule has 0 spiro atoms. The monoisotopic (exact) mass is 534 g/mol. The molecule has 0 saturated heterocycles. The Morgan fingerprint density at radius 1 is 0.692 bits per heavy atom. The molecular formula is C36H54O3. The summed E-state index contributed by atoms with van der Waals surface area (Å²) >= 11 is 0. The molecule has 3 rings (SSSR count). The second kappa shape index (κ2) is 14.4. The van der Waals surface area contributed by atoms with Crippen molar-refractivity contribution in [2.24, 2.45) is 5.41 Å². The van der Waals surface area contributed by atoms with Gasteiger partial charge in [0, 0.05) is 5.41 Å². The van der Waals surface area contributed by atoms with Crippen LogP contribution in [-0.2, 0) is 10.2 Å². The third kappa shape index (κ3) is 8.85. The molecule has 1 aliphatic rings. The van der Waals surface area contributed by atoms with E-state index in [9.17, 15) is 4.79 Å². The van der Waals surface area contributed by atoms with E-state index in [0.29, 0.717) is 5.75 Å². The molecule has 2 aromatic rings. The second-order valence-corrected chi connectivity index (χ2v) is 13.1. The van der Waals surface area contributed by atoms with Crippen LogP contribution in [-0.4, -0.2) is 11.6 Å². The summed E-state index contributed by atoms with van der Waals surface area (Å²) in [6, 6.07) is 17.2. The highest BCUT2D eigenvalue weighted by molar-refractivity contribution is 5.78. The van der Waals surface area contributed by atoms with E-state index < -0.39 is 5.41 Å². The number of benzene rings is 2. The minimum absolute atomic E-state index is 0.00545. The summed E-state index contributed by atoms with van der Waals surface area (Å²) in [5.41, 5.74) is 2.04. The van der Waals surface area contributed by atoms with Crippen LogP contribution in [0.25, 0.3) is 0 Å². The van der Waals surface area contributed by atoms with Gasteiger partial charge in [-0.2, -0.15) is 0 Å². The van der Waals surface area contributed by atoms with E-state index in [1.165, 1.54) is 68.9 Å². The van der Waals surface area contributed by atoms with E-state index >= 15 is 0 Å². The number of rotatable bonds is 15. The smallest absolute Gasteiger partial charge is 0.316 e. The molecule has 0 radical (unpaired) electrons. The Bertz CT molecular complexity index is 995. The van der Waals surface area contributed by atoms with Crippen LogP contribution >= 0.6 is 0 Å². The van der Waals surface area contributed by atoms with Crippen molar-refractivity contribution in [3.8, 4) is 11.5 Å². The largest absolute Gasteiger partial charge is 0.488 e. The predicted octanol–water partition coefficient (Wildman–Crippen LogP) is 10.6. The van der Waals surface area contributed by atoms with Crippen molar-refractivity contribution in [2.75, 3.05) is 0 Å². The Hall–Kier alpha value is -2.29. The van der Waals surface area contributed by atoms with Crippen LogP contribution in [0.5, 0.6) is 11.5 Å². The van der Waals surface area contributed by atoms with Crippen LogP contribution in [0.2, 0.25) is 0 Å². The topological polar surface area (TPSA) is 35.5 Å². The number of ether oxygens (including phenoxy) is 2. The van der Waals surface area contributed by atoms with Crippen LogP contribution in [0.4, 0.5) is 0 Å². The summed E-state index contributed by atoms with van der Waals surface area (Å²) in [6.07, 6.45) is 16.3. The molecule has 0 atom stereocenters. The molecule has 0 heterocycles. The molecule has 1 saturated carbocycles. The molecule has 3 heteroatoms. The van der Waals surface area contributed by atoms with Gasteiger partial charge in [-0.05, 0) is 95.2 Å². The zero-order valence-corrected chi connectivity index (χ0v) is 25.7. The molecule has 0 unspecified atom stereocenters. The van der Waals surface area contributed by atoms with Gasteiger partial charge in [-0.15, -0.1) is 0 Å². The van der Waals surface area contributed by atoms with Crippen LogP contribution in [0, 0.1) is 5.41 Å². The van der Waals surface area contributed by atoms with Gasteiger partial charge in [0.05, 0.1) is 5.41 Å². The number of unbranched alkanes of at least 4 members (excludes halogenated alkanes) is 5. The Morgan fingerprint density at radius 3 is 1.77 bits per heavy atom. The van der Waals surface area contributed by atoms with Gasteiger partial charge in [0.15, 0.2) is 0 Å². The number of hydrogen-bond donors (Lipinski definition) is 0. The summed E-state index contributed by atoms with van der Waals surface area (Å²) in [7, 11) is 0. The molecule has 216 valence electrons. The van der Waals surface area contributed by atoms with Crippen molar-refractivity contribution in [3.63, 3.8) is 0 Å². The molecule has 39 heavy (non-hydrogen) atoms. The quantitative estimate of drug-likeness (QED) is 0.129. The maximum Gasteiger partial charge on any atom is 0.316 e. The number of esters is 1. The molecule has 0 bridgehead atoms. The van der Waals surface area contributed by atoms with Crippen LogP contribution in [0.15, 0.2) is 48.5 Å². The molecule has 0 N–H and O–H groups in total. The van der Waals surface area contributed by atoms with E-state index in [0.717, 1.165) is 37.9 Å². The zero-order chi connectivity index (χ0) is 28.4. The van der Waals surface area contributed by atoms with Gasteiger partial charge in [0.25, 0.3) is 0 Å². The molecule has 0 aliphatic heterocycles. The lowest BCUT2D eigenvalue weighted by atomic mass is 9.65. The average molecular weight is 535 g/mol. The van der Waals surface area contributed by atoms with Crippen molar-refractivity contribution >= 4 is 5.97 Å². The van der Waals surface area contributed by atoms with Crippen molar-refractivity contribution in [1.82, 2.24) is 0 Å². The van der Waals surface area contributed by atoms with E-state index in [4.69, 9.17) is 9.47 Å². The van der Waals surface area contributed by atoms with Crippen LogP contribution in [0.1, 0.15) is 143 Å². The second-order valence-electron chi connectivity index (χ2n) is 13.1. The minimum atomic E-state index is -0.467. The first kappa shape index (κ1) is 31.2. The third-order valence-electron chi connectivity index (χ3n) is 8.72.